The van der Waals surface area contributed by atoms with Crippen LogP contribution < -0.4 is 20.4 Å². The second kappa shape index (κ2) is 7.04. The first-order valence-corrected chi connectivity index (χ1v) is 8.96. The molecule has 136 valence electrons. The summed E-state index contributed by atoms with van der Waals surface area (Å²) >= 11 is 0. The van der Waals surface area contributed by atoms with Crippen molar-refractivity contribution in [2.75, 3.05) is 34.8 Å². The van der Waals surface area contributed by atoms with Crippen molar-refractivity contribution in [2.24, 2.45) is 0 Å². The molecule has 0 spiro atoms. The fourth-order valence-electron chi connectivity index (χ4n) is 3.62. The zero-order valence-corrected chi connectivity index (χ0v) is 15.2. The fourth-order valence-corrected chi connectivity index (χ4v) is 3.62. The lowest BCUT2D eigenvalue weighted by molar-refractivity contribution is 0.675. The Balaban J connectivity index is 1.66. The summed E-state index contributed by atoms with van der Waals surface area (Å²) in [5, 5.41) is 6.42. The molecule has 2 aliphatic heterocycles. The van der Waals surface area contributed by atoms with E-state index in [-0.39, 0.29) is 0 Å². The molecule has 2 bridgehead atoms. The van der Waals surface area contributed by atoms with E-state index in [0.717, 1.165) is 48.3 Å². The Labute approximate surface area is 159 Å². The van der Waals surface area contributed by atoms with Crippen LogP contribution in [0.2, 0.25) is 0 Å². The number of rotatable bonds is 6. The van der Waals surface area contributed by atoms with Crippen LogP contribution in [0, 0.1) is 12.3 Å². The number of hydrogen-bond donors (Lipinski definition) is 2. The number of hydrogen-bond acceptors (Lipinski definition) is 6. The summed E-state index contributed by atoms with van der Waals surface area (Å²) in [5.41, 5.74) is 2.61. The molecule has 4 heterocycles. The number of nitrogens with one attached hydrogen (secondary N) is 2. The molecule has 0 amide bonds. The van der Waals surface area contributed by atoms with E-state index in [1.54, 1.807) is 6.20 Å². The van der Waals surface area contributed by atoms with Crippen LogP contribution in [-0.2, 0) is 0 Å². The molecule has 6 heteroatoms. The highest BCUT2D eigenvalue weighted by Gasteiger charge is 2.38. The van der Waals surface area contributed by atoms with Crippen molar-refractivity contribution in [2.45, 2.75) is 12.5 Å². The summed E-state index contributed by atoms with van der Waals surface area (Å²) in [4.78, 5) is 13.8. The Morgan fingerprint density at radius 3 is 2.96 bits per heavy atom. The van der Waals surface area contributed by atoms with E-state index in [2.05, 4.69) is 50.6 Å². The van der Waals surface area contributed by atoms with Crippen LogP contribution in [-0.4, -0.2) is 35.6 Å². The topological polar surface area (TPSA) is 56.3 Å². The van der Waals surface area contributed by atoms with Gasteiger partial charge in [-0.3, -0.25) is 0 Å². The van der Waals surface area contributed by atoms with E-state index >= 15 is 0 Å². The van der Waals surface area contributed by atoms with Crippen LogP contribution in [0.15, 0.2) is 55.5 Å². The van der Waals surface area contributed by atoms with Gasteiger partial charge in [0.1, 0.15) is 11.6 Å². The first-order chi connectivity index (χ1) is 13.2. The Morgan fingerprint density at radius 1 is 1.30 bits per heavy atom. The van der Waals surface area contributed by atoms with E-state index < -0.39 is 0 Å². The third-order valence-corrected chi connectivity index (χ3v) is 4.89. The molecule has 0 aliphatic carbocycles. The minimum Gasteiger partial charge on any atom is -0.373 e. The van der Waals surface area contributed by atoms with Gasteiger partial charge in [0.15, 0.2) is 5.82 Å². The zero-order valence-electron chi connectivity index (χ0n) is 15.2. The average molecular weight is 358 g/mol. The van der Waals surface area contributed by atoms with E-state index in [0.29, 0.717) is 18.3 Å². The molecule has 1 fully saturated rings. The van der Waals surface area contributed by atoms with E-state index in [4.69, 9.17) is 11.4 Å². The highest BCUT2D eigenvalue weighted by Crippen LogP contribution is 2.40. The van der Waals surface area contributed by atoms with Gasteiger partial charge in [-0.2, -0.15) is 0 Å². The van der Waals surface area contributed by atoms with Crippen LogP contribution in [0.3, 0.4) is 0 Å². The van der Waals surface area contributed by atoms with E-state index in [9.17, 15) is 0 Å². The number of pyridine rings is 2. The van der Waals surface area contributed by atoms with Gasteiger partial charge in [0.05, 0.1) is 29.7 Å². The largest absolute Gasteiger partial charge is 0.373 e. The third-order valence-electron chi connectivity index (χ3n) is 4.89. The molecule has 1 saturated heterocycles. The van der Waals surface area contributed by atoms with Crippen LogP contribution in [0.1, 0.15) is 12.1 Å². The monoisotopic (exact) mass is 358 g/mol. The zero-order chi connectivity index (χ0) is 18.8. The predicted octanol–water partition coefficient (Wildman–Crippen LogP) is 2.65. The number of nitrogens with zero attached hydrogens (tertiary/aromatic N) is 4. The number of aromatic nitrogens is 2. The summed E-state index contributed by atoms with van der Waals surface area (Å²) < 4.78 is 0. The van der Waals surface area contributed by atoms with Gasteiger partial charge in [-0.05, 0) is 30.7 Å². The highest BCUT2D eigenvalue weighted by molar-refractivity contribution is 5.77. The number of terminal acetylenes is 1. The molecule has 2 aliphatic rings. The summed E-state index contributed by atoms with van der Waals surface area (Å²) in [7, 11) is 0. The SMILES string of the molecule is C#CCNC(=C)c1ccc2c(n1)N(C(=C)Nc1ccccn1)C1CCN2C1. The van der Waals surface area contributed by atoms with Gasteiger partial charge in [-0.1, -0.05) is 25.1 Å². The van der Waals surface area contributed by atoms with Gasteiger partial charge in [-0.15, -0.1) is 6.42 Å². The predicted molar refractivity (Wildman–Crippen MR) is 110 cm³/mol. The molecular weight excluding hydrogens is 336 g/mol. The van der Waals surface area contributed by atoms with Crippen LogP contribution in [0.25, 0.3) is 5.70 Å². The van der Waals surface area contributed by atoms with Gasteiger partial charge in [0, 0.05) is 19.3 Å². The Hall–Kier alpha value is -3.46. The summed E-state index contributed by atoms with van der Waals surface area (Å²) in [6.07, 6.45) is 8.15. The second-order valence-electron chi connectivity index (χ2n) is 6.62. The molecule has 2 N–H and O–H groups in total. The molecule has 2 aromatic rings. The lowest BCUT2D eigenvalue weighted by atomic mass is 10.1. The lowest BCUT2D eigenvalue weighted by Crippen LogP contribution is -2.43. The molecule has 27 heavy (non-hydrogen) atoms. The normalized spacial score (nSPS) is 17.1. The molecular formula is C21H22N6. The quantitative estimate of drug-likeness (QED) is 0.775. The van der Waals surface area contributed by atoms with Gasteiger partial charge in [0.2, 0.25) is 0 Å². The third kappa shape index (κ3) is 3.20. The van der Waals surface area contributed by atoms with Gasteiger partial charge in [-0.25, -0.2) is 9.97 Å². The standard InChI is InChI=1S/C21H22N6/c1-4-11-22-15(2)18-8-9-19-21(25-18)27(17-10-13-26(19)14-17)16(3)24-20-7-5-6-12-23-20/h1,5-9,12,17,22H,2-3,10-11,13-14H2,(H,23,24). The highest BCUT2D eigenvalue weighted by atomic mass is 15.4. The van der Waals surface area contributed by atoms with Crippen molar-refractivity contribution in [1.82, 2.24) is 15.3 Å². The van der Waals surface area contributed by atoms with Crippen LogP contribution in [0.4, 0.5) is 17.3 Å². The minimum absolute atomic E-state index is 0.330. The maximum Gasteiger partial charge on any atom is 0.158 e. The van der Waals surface area contributed by atoms with E-state index in [1.807, 2.05) is 24.3 Å². The molecule has 4 rings (SSSR count). The van der Waals surface area contributed by atoms with Crippen molar-refractivity contribution in [3.63, 3.8) is 0 Å². The van der Waals surface area contributed by atoms with Gasteiger partial charge in [0.25, 0.3) is 0 Å². The summed E-state index contributed by atoms with van der Waals surface area (Å²) in [6.45, 7) is 10.7. The number of anilines is 3. The van der Waals surface area contributed by atoms with Gasteiger partial charge < -0.3 is 20.4 Å². The van der Waals surface area contributed by atoms with Crippen LogP contribution in [0.5, 0.6) is 0 Å². The molecule has 1 unspecified atom stereocenters. The van der Waals surface area contributed by atoms with Crippen molar-refractivity contribution < 1.29 is 0 Å². The lowest BCUT2D eigenvalue weighted by Gasteiger charge is -2.38. The molecule has 0 aromatic carbocycles. The molecule has 0 saturated carbocycles. The second-order valence-corrected chi connectivity index (χ2v) is 6.62. The van der Waals surface area contributed by atoms with Crippen molar-refractivity contribution in [1.29, 1.82) is 0 Å². The Morgan fingerprint density at radius 2 is 2.19 bits per heavy atom. The summed E-state index contributed by atoms with van der Waals surface area (Å²) in [6, 6.07) is 10.2. The first kappa shape index (κ1) is 17.0. The Kier molecular flexibility index (Phi) is 4.43. The molecule has 6 nitrogen and oxygen atoms in total. The first-order valence-electron chi connectivity index (χ1n) is 8.96. The molecule has 1 atom stereocenters. The summed E-state index contributed by atoms with van der Waals surface area (Å²) in [5.74, 6) is 4.98. The molecule has 2 aromatic heterocycles. The van der Waals surface area contributed by atoms with Gasteiger partial charge >= 0.3 is 0 Å². The van der Waals surface area contributed by atoms with E-state index in [1.165, 1.54) is 0 Å². The average Bonchev–Trinajstić information content (AvgIpc) is 3.11. The Bertz CT molecular complexity index is 914. The maximum atomic E-state index is 5.33. The smallest absolute Gasteiger partial charge is 0.158 e. The minimum atomic E-state index is 0.330. The van der Waals surface area contributed by atoms with Crippen molar-refractivity contribution in [3.05, 3.63) is 61.2 Å². The van der Waals surface area contributed by atoms with Crippen LogP contribution >= 0.6 is 0 Å². The molecule has 0 radical (unpaired) electrons. The maximum absolute atomic E-state index is 5.33. The number of fused-ring (bicyclic) bond motifs is 4. The van der Waals surface area contributed by atoms with Crippen molar-refractivity contribution >= 4 is 23.0 Å². The fraction of sp³-hybridized carbons (Fsp3) is 0.238. The van der Waals surface area contributed by atoms with Crippen molar-refractivity contribution in [3.8, 4) is 12.3 Å².